The minimum absolute atomic E-state index is 0.263. The third-order valence-electron chi connectivity index (χ3n) is 3.10. The molecule has 0 unspecified atom stereocenters. The first-order valence-electron chi connectivity index (χ1n) is 8.10. The van der Waals surface area contributed by atoms with Crippen LogP contribution in [0, 0.1) is 10.3 Å². The van der Waals surface area contributed by atoms with E-state index in [1.807, 2.05) is 0 Å². The van der Waals surface area contributed by atoms with Gasteiger partial charge >= 0.3 is 0 Å². The molecule has 130 valence electrons. The van der Waals surface area contributed by atoms with Crippen LogP contribution in [0.15, 0.2) is 5.29 Å². The van der Waals surface area contributed by atoms with Gasteiger partial charge in [-0.2, -0.15) is 5.01 Å². The van der Waals surface area contributed by atoms with E-state index in [0.29, 0.717) is 6.54 Å². The zero-order valence-electron chi connectivity index (χ0n) is 14.0. The van der Waals surface area contributed by atoms with Crippen molar-refractivity contribution in [2.24, 2.45) is 11.0 Å². The van der Waals surface area contributed by atoms with Crippen molar-refractivity contribution in [1.29, 1.82) is 5.41 Å². The smallest absolute Gasteiger partial charge is 0.300 e. The summed E-state index contributed by atoms with van der Waals surface area (Å²) in [6, 6.07) is 0. The summed E-state index contributed by atoms with van der Waals surface area (Å²) in [4.78, 5) is 19.3. The molecule has 0 bridgehead atoms. The number of guanidine groups is 1. The number of aliphatic carboxylic acids is 1. The quantitative estimate of drug-likeness (QED) is 0.166. The summed E-state index contributed by atoms with van der Waals surface area (Å²) in [7, 11) is 0. The topological polar surface area (TPSA) is 120 Å². The molecule has 0 aliphatic carbocycles. The van der Waals surface area contributed by atoms with Crippen molar-refractivity contribution < 1.29 is 9.90 Å². The van der Waals surface area contributed by atoms with Gasteiger partial charge in [-0.1, -0.05) is 64.7 Å². The molecule has 0 atom stereocenters. The van der Waals surface area contributed by atoms with E-state index < -0.39 is 5.97 Å². The molecule has 0 aromatic rings. The van der Waals surface area contributed by atoms with Gasteiger partial charge in [-0.3, -0.25) is 10.2 Å². The lowest BCUT2D eigenvalue weighted by Crippen LogP contribution is -2.32. The van der Waals surface area contributed by atoms with E-state index >= 15 is 0 Å². The second-order valence-electron chi connectivity index (χ2n) is 5.29. The number of carbonyl (C=O) groups is 1. The van der Waals surface area contributed by atoms with Gasteiger partial charge in [-0.05, 0) is 6.42 Å². The summed E-state index contributed by atoms with van der Waals surface area (Å²) < 4.78 is 0. The minimum Gasteiger partial charge on any atom is -0.481 e. The lowest BCUT2D eigenvalue weighted by Gasteiger charge is -2.11. The molecule has 0 fully saturated rings. The first kappa shape index (κ1) is 22.6. The SMILES string of the molecule is CC(=O)O.CCCCCCCCCCCCN(N=O)C(=N)N. The Labute approximate surface area is 133 Å². The lowest BCUT2D eigenvalue weighted by molar-refractivity contribution is -0.134. The first-order chi connectivity index (χ1) is 10.5. The van der Waals surface area contributed by atoms with E-state index in [1.165, 1.54) is 51.4 Å². The summed E-state index contributed by atoms with van der Waals surface area (Å²) in [5, 5.41) is 18.2. The summed E-state index contributed by atoms with van der Waals surface area (Å²) in [5.41, 5.74) is 5.18. The van der Waals surface area contributed by atoms with Crippen LogP contribution in [0.4, 0.5) is 0 Å². The number of rotatable bonds is 12. The molecule has 0 saturated carbocycles. The predicted molar refractivity (Wildman–Crippen MR) is 89.6 cm³/mol. The number of nitrogens with one attached hydrogen (secondary N) is 1. The Morgan fingerprint density at radius 1 is 1.05 bits per heavy atom. The van der Waals surface area contributed by atoms with Crippen LogP contribution < -0.4 is 5.73 Å². The highest BCUT2D eigenvalue weighted by Crippen LogP contribution is 2.10. The number of nitrogens with two attached hydrogens (primary N) is 1. The van der Waals surface area contributed by atoms with Crippen LogP contribution in [0.3, 0.4) is 0 Å². The van der Waals surface area contributed by atoms with E-state index in [2.05, 4.69) is 12.2 Å². The highest BCUT2D eigenvalue weighted by atomic mass is 16.4. The standard InChI is InChI=1S/C13H28N4O.C2H4O2/c1-2-3-4-5-6-7-8-9-10-11-12-17(16-18)13(14)15;1-2(3)4/h2-12H2,1H3,(H3,14,15);1H3,(H,3,4). The Hall–Kier alpha value is -1.66. The molecule has 0 aliphatic heterocycles. The molecular formula is C15H32N4O3. The zero-order valence-corrected chi connectivity index (χ0v) is 14.0. The molecule has 22 heavy (non-hydrogen) atoms. The number of nitrogens with zero attached hydrogens (tertiary/aromatic N) is 2. The van der Waals surface area contributed by atoms with Gasteiger partial charge in [0.15, 0.2) is 0 Å². The number of carboxylic acids is 1. The Bertz CT molecular complexity index is 295. The van der Waals surface area contributed by atoms with Crippen LogP contribution in [0.1, 0.15) is 78.1 Å². The predicted octanol–water partition coefficient (Wildman–Crippen LogP) is 3.88. The van der Waals surface area contributed by atoms with Gasteiger partial charge in [0.1, 0.15) is 0 Å². The zero-order chi connectivity index (χ0) is 17.2. The second-order valence-corrected chi connectivity index (χ2v) is 5.29. The van der Waals surface area contributed by atoms with Crippen molar-refractivity contribution >= 4 is 11.9 Å². The molecule has 0 aromatic heterocycles. The normalized spacial score (nSPS) is 9.55. The molecule has 7 nitrogen and oxygen atoms in total. The number of hydrogen-bond donors (Lipinski definition) is 3. The van der Waals surface area contributed by atoms with Crippen molar-refractivity contribution in [3.8, 4) is 0 Å². The second kappa shape index (κ2) is 17.4. The van der Waals surface area contributed by atoms with Crippen molar-refractivity contribution in [2.45, 2.75) is 78.1 Å². The van der Waals surface area contributed by atoms with Gasteiger partial charge in [0.05, 0.1) is 5.29 Å². The molecule has 0 saturated heterocycles. The highest BCUT2D eigenvalue weighted by Gasteiger charge is 2.04. The summed E-state index contributed by atoms with van der Waals surface area (Å²) in [5.74, 6) is -1.10. The van der Waals surface area contributed by atoms with E-state index in [0.717, 1.165) is 24.8 Å². The monoisotopic (exact) mass is 316 g/mol. The number of unbranched alkanes of at least 4 members (excludes halogenated alkanes) is 9. The number of carboxylic acid groups (broad SMARTS) is 1. The maximum Gasteiger partial charge on any atom is 0.300 e. The first-order valence-corrected chi connectivity index (χ1v) is 8.10. The maximum atomic E-state index is 10.3. The van der Waals surface area contributed by atoms with Crippen LogP contribution in [-0.2, 0) is 4.79 Å². The largest absolute Gasteiger partial charge is 0.481 e. The maximum absolute atomic E-state index is 10.3. The Balaban J connectivity index is 0. The molecule has 0 aliphatic rings. The van der Waals surface area contributed by atoms with Gasteiger partial charge in [0.25, 0.3) is 5.97 Å². The van der Waals surface area contributed by atoms with E-state index in [9.17, 15) is 4.91 Å². The van der Waals surface area contributed by atoms with Gasteiger partial charge in [0, 0.05) is 13.5 Å². The molecular weight excluding hydrogens is 284 g/mol. The summed E-state index contributed by atoms with van der Waals surface area (Å²) >= 11 is 0. The number of hydrogen-bond acceptors (Lipinski definition) is 4. The fraction of sp³-hybridized carbons (Fsp3) is 0.867. The highest BCUT2D eigenvalue weighted by molar-refractivity contribution is 5.74. The molecule has 0 spiro atoms. The van der Waals surface area contributed by atoms with Crippen molar-refractivity contribution in [2.75, 3.05) is 6.54 Å². The average molecular weight is 316 g/mol. The van der Waals surface area contributed by atoms with Crippen molar-refractivity contribution in [1.82, 2.24) is 5.01 Å². The molecule has 4 N–H and O–H groups in total. The molecule has 0 aromatic carbocycles. The van der Waals surface area contributed by atoms with Crippen LogP contribution in [0.25, 0.3) is 0 Å². The summed E-state index contributed by atoms with van der Waals surface area (Å²) in [6.07, 6.45) is 12.5. The third-order valence-corrected chi connectivity index (χ3v) is 3.10. The van der Waals surface area contributed by atoms with Gasteiger partial charge < -0.3 is 10.8 Å². The van der Waals surface area contributed by atoms with E-state index in [4.69, 9.17) is 21.0 Å². The summed E-state index contributed by atoms with van der Waals surface area (Å²) in [6.45, 7) is 3.79. The average Bonchev–Trinajstić information content (AvgIpc) is 2.44. The lowest BCUT2D eigenvalue weighted by atomic mass is 10.1. The van der Waals surface area contributed by atoms with E-state index in [1.54, 1.807) is 0 Å². The van der Waals surface area contributed by atoms with Gasteiger partial charge in [-0.25, -0.2) is 0 Å². The number of nitroso groups, excluding NO2 is 1. The van der Waals surface area contributed by atoms with Crippen LogP contribution in [0.2, 0.25) is 0 Å². The Kier molecular flexibility index (Phi) is 17.9. The van der Waals surface area contributed by atoms with Crippen LogP contribution in [-0.4, -0.2) is 28.6 Å². The fourth-order valence-corrected chi connectivity index (χ4v) is 1.95. The molecule has 0 rings (SSSR count). The van der Waals surface area contributed by atoms with Crippen LogP contribution in [0.5, 0.6) is 0 Å². The molecule has 7 heteroatoms. The van der Waals surface area contributed by atoms with Crippen molar-refractivity contribution in [3.05, 3.63) is 4.91 Å². The minimum atomic E-state index is -0.833. The molecule has 0 heterocycles. The molecule has 0 amide bonds. The van der Waals surface area contributed by atoms with E-state index in [-0.39, 0.29) is 5.96 Å². The Morgan fingerprint density at radius 2 is 1.41 bits per heavy atom. The Morgan fingerprint density at radius 3 is 1.73 bits per heavy atom. The van der Waals surface area contributed by atoms with Gasteiger partial charge in [0.2, 0.25) is 5.96 Å². The van der Waals surface area contributed by atoms with Crippen LogP contribution >= 0.6 is 0 Å². The third kappa shape index (κ3) is 20.7. The van der Waals surface area contributed by atoms with Crippen molar-refractivity contribution in [3.63, 3.8) is 0 Å². The fourth-order valence-electron chi connectivity index (χ4n) is 1.95. The molecule has 0 radical (unpaired) electrons. The van der Waals surface area contributed by atoms with Gasteiger partial charge in [-0.15, -0.1) is 4.91 Å².